The largest absolute Gasteiger partial charge is 0.465 e. The van der Waals surface area contributed by atoms with E-state index in [9.17, 15) is 9.59 Å². The SMILES string of the molecule is O=C(COC(=O)/C=C/c1ccco1)NC[C@H]1CCCO1. The first-order valence-corrected chi connectivity index (χ1v) is 6.50. The van der Waals surface area contributed by atoms with Gasteiger partial charge in [0.15, 0.2) is 6.61 Å². The van der Waals surface area contributed by atoms with Gasteiger partial charge in [-0.3, -0.25) is 4.79 Å². The number of hydrogen-bond acceptors (Lipinski definition) is 5. The molecule has 6 nitrogen and oxygen atoms in total. The van der Waals surface area contributed by atoms with E-state index in [1.54, 1.807) is 12.1 Å². The lowest BCUT2D eigenvalue weighted by atomic mass is 10.2. The van der Waals surface area contributed by atoms with Crippen LogP contribution in [0.2, 0.25) is 0 Å². The first-order valence-electron chi connectivity index (χ1n) is 6.50. The Morgan fingerprint density at radius 1 is 1.50 bits per heavy atom. The third-order valence-electron chi connectivity index (χ3n) is 2.82. The van der Waals surface area contributed by atoms with Gasteiger partial charge in [0, 0.05) is 19.2 Å². The van der Waals surface area contributed by atoms with Crippen LogP contribution in [0.4, 0.5) is 0 Å². The highest BCUT2D eigenvalue weighted by molar-refractivity contribution is 5.88. The number of esters is 1. The minimum absolute atomic E-state index is 0.0773. The maximum absolute atomic E-state index is 11.5. The van der Waals surface area contributed by atoms with E-state index in [1.807, 2.05) is 0 Å². The number of nitrogens with one attached hydrogen (secondary N) is 1. The lowest BCUT2D eigenvalue weighted by molar-refractivity contribution is -0.143. The molecular formula is C14H17NO5. The first kappa shape index (κ1) is 14.3. The van der Waals surface area contributed by atoms with Crippen molar-refractivity contribution in [3.8, 4) is 0 Å². The Kier molecular flexibility index (Phi) is 5.37. The zero-order chi connectivity index (χ0) is 14.2. The van der Waals surface area contributed by atoms with Crippen LogP contribution in [0.3, 0.4) is 0 Å². The van der Waals surface area contributed by atoms with Crippen LogP contribution < -0.4 is 5.32 Å². The third-order valence-corrected chi connectivity index (χ3v) is 2.82. The Hall–Kier alpha value is -2.08. The average Bonchev–Trinajstić information content (AvgIpc) is 3.13. The molecule has 2 rings (SSSR count). The second-order valence-electron chi connectivity index (χ2n) is 4.40. The molecule has 1 aliphatic heterocycles. The molecule has 108 valence electrons. The topological polar surface area (TPSA) is 77.8 Å². The normalized spacial score (nSPS) is 18.3. The third kappa shape index (κ3) is 4.89. The Bertz CT molecular complexity index is 460. The molecule has 0 saturated carbocycles. The summed E-state index contributed by atoms with van der Waals surface area (Å²) in [6.07, 6.45) is 6.25. The molecule has 0 bridgehead atoms. The molecule has 0 radical (unpaired) electrons. The molecule has 1 aliphatic rings. The molecular weight excluding hydrogens is 262 g/mol. The highest BCUT2D eigenvalue weighted by atomic mass is 16.5. The molecule has 1 N–H and O–H groups in total. The zero-order valence-corrected chi connectivity index (χ0v) is 11.0. The van der Waals surface area contributed by atoms with E-state index in [2.05, 4.69) is 5.32 Å². The van der Waals surface area contributed by atoms with Crippen molar-refractivity contribution in [1.82, 2.24) is 5.32 Å². The van der Waals surface area contributed by atoms with Gasteiger partial charge in [0.25, 0.3) is 5.91 Å². The standard InChI is InChI=1S/C14H17NO5/c16-13(15-9-12-4-2-8-19-12)10-20-14(17)6-5-11-3-1-7-18-11/h1,3,5-7,12H,2,4,8-10H2,(H,15,16)/b6-5+/t12-/m1/s1. The second-order valence-corrected chi connectivity index (χ2v) is 4.40. The summed E-state index contributed by atoms with van der Waals surface area (Å²) < 4.78 is 15.2. The molecule has 2 heterocycles. The predicted octanol–water partition coefficient (Wildman–Crippen LogP) is 1.13. The fraction of sp³-hybridized carbons (Fsp3) is 0.429. The van der Waals surface area contributed by atoms with Gasteiger partial charge < -0.3 is 19.2 Å². The lowest BCUT2D eigenvalue weighted by Crippen LogP contribution is -2.34. The summed E-state index contributed by atoms with van der Waals surface area (Å²) in [7, 11) is 0. The van der Waals surface area contributed by atoms with Crippen LogP contribution >= 0.6 is 0 Å². The van der Waals surface area contributed by atoms with Gasteiger partial charge in [-0.2, -0.15) is 0 Å². The van der Waals surface area contributed by atoms with Crippen molar-refractivity contribution in [1.29, 1.82) is 0 Å². The van der Waals surface area contributed by atoms with E-state index in [1.165, 1.54) is 18.4 Å². The lowest BCUT2D eigenvalue weighted by Gasteiger charge is -2.10. The summed E-state index contributed by atoms with van der Waals surface area (Å²) in [5.41, 5.74) is 0. The molecule has 1 fully saturated rings. The first-order chi connectivity index (χ1) is 9.74. The number of amides is 1. The van der Waals surface area contributed by atoms with Crippen LogP contribution in [0.5, 0.6) is 0 Å². The van der Waals surface area contributed by atoms with Crippen LogP contribution in [0.15, 0.2) is 28.9 Å². The van der Waals surface area contributed by atoms with Gasteiger partial charge in [0.1, 0.15) is 5.76 Å². The smallest absolute Gasteiger partial charge is 0.331 e. The van der Waals surface area contributed by atoms with Crippen molar-refractivity contribution in [3.63, 3.8) is 0 Å². The molecule has 1 amide bonds. The Morgan fingerprint density at radius 2 is 2.40 bits per heavy atom. The zero-order valence-electron chi connectivity index (χ0n) is 11.0. The van der Waals surface area contributed by atoms with E-state index in [-0.39, 0.29) is 18.6 Å². The maximum atomic E-state index is 11.5. The molecule has 0 spiro atoms. The highest BCUT2D eigenvalue weighted by Gasteiger charge is 2.16. The van der Waals surface area contributed by atoms with E-state index < -0.39 is 5.97 Å². The molecule has 1 saturated heterocycles. The quantitative estimate of drug-likeness (QED) is 0.624. The Labute approximate surface area is 116 Å². The van der Waals surface area contributed by atoms with E-state index in [4.69, 9.17) is 13.9 Å². The van der Waals surface area contributed by atoms with Crippen LogP contribution in [-0.2, 0) is 19.1 Å². The second kappa shape index (κ2) is 7.49. The van der Waals surface area contributed by atoms with Crippen molar-refractivity contribution in [3.05, 3.63) is 30.2 Å². The molecule has 6 heteroatoms. The highest BCUT2D eigenvalue weighted by Crippen LogP contribution is 2.10. The molecule has 1 aromatic heterocycles. The summed E-state index contributed by atoms with van der Waals surface area (Å²) in [5, 5.41) is 2.67. The summed E-state index contributed by atoms with van der Waals surface area (Å²) in [6.45, 7) is 0.903. The number of furan rings is 1. The molecule has 20 heavy (non-hydrogen) atoms. The van der Waals surface area contributed by atoms with Gasteiger partial charge in [-0.25, -0.2) is 4.79 Å². The number of carbonyl (C=O) groups excluding carboxylic acids is 2. The fourth-order valence-corrected chi connectivity index (χ4v) is 1.81. The van der Waals surface area contributed by atoms with Gasteiger partial charge in [-0.15, -0.1) is 0 Å². The Balaban J connectivity index is 1.61. The van der Waals surface area contributed by atoms with Gasteiger partial charge in [-0.05, 0) is 31.1 Å². The summed E-state index contributed by atoms with van der Waals surface area (Å²) in [6, 6.07) is 3.42. The van der Waals surface area contributed by atoms with Gasteiger partial charge in [-0.1, -0.05) is 0 Å². The maximum Gasteiger partial charge on any atom is 0.331 e. The number of carbonyl (C=O) groups is 2. The van der Waals surface area contributed by atoms with Crippen molar-refractivity contribution in [2.45, 2.75) is 18.9 Å². The molecule has 0 aromatic carbocycles. The van der Waals surface area contributed by atoms with Crippen LogP contribution in [0.25, 0.3) is 6.08 Å². The number of ether oxygens (including phenoxy) is 2. The molecule has 0 unspecified atom stereocenters. The van der Waals surface area contributed by atoms with Gasteiger partial charge >= 0.3 is 5.97 Å². The monoisotopic (exact) mass is 279 g/mol. The van der Waals surface area contributed by atoms with Crippen molar-refractivity contribution >= 4 is 18.0 Å². The minimum Gasteiger partial charge on any atom is -0.465 e. The molecule has 1 aromatic rings. The number of rotatable bonds is 6. The van der Waals surface area contributed by atoms with Gasteiger partial charge in [0.2, 0.25) is 0 Å². The Morgan fingerprint density at radius 3 is 3.10 bits per heavy atom. The molecule has 0 aliphatic carbocycles. The van der Waals surface area contributed by atoms with Crippen molar-refractivity contribution in [2.75, 3.05) is 19.8 Å². The van der Waals surface area contributed by atoms with Crippen molar-refractivity contribution in [2.24, 2.45) is 0 Å². The van der Waals surface area contributed by atoms with Gasteiger partial charge in [0.05, 0.1) is 12.4 Å². The van der Waals surface area contributed by atoms with Crippen LogP contribution in [0, 0.1) is 0 Å². The predicted molar refractivity (Wildman–Crippen MR) is 70.7 cm³/mol. The fourth-order valence-electron chi connectivity index (χ4n) is 1.81. The van der Waals surface area contributed by atoms with Crippen molar-refractivity contribution < 1.29 is 23.5 Å². The summed E-state index contributed by atoms with van der Waals surface area (Å²) in [4.78, 5) is 22.8. The van der Waals surface area contributed by atoms with E-state index >= 15 is 0 Å². The van der Waals surface area contributed by atoms with E-state index in [0.717, 1.165) is 19.4 Å². The van der Waals surface area contributed by atoms with Crippen LogP contribution in [-0.4, -0.2) is 37.7 Å². The minimum atomic E-state index is -0.589. The summed E-state index contributed by atoms with van der Waals surface area (Å²) in [5.74, 6) is -0.376. The average molecular weight is 279 g/mol. The number of hydrogen-bond donors (Lipinski definition) is 1. The van der Waals surface area contributed by atoms with E-state index in [0.29, 0.717) is 12.3 Å². The summed E-state index contributed by atoms with van der Waals surface area (Å²) >= 11 is 0. The van der Waals surface area contributed by atoms with Crippen LogP contribution in [0.1, 0.15) is 18.6 Å². The molecule has 1 atom stereocenters.